The monoisotopic (exact) mass is 468 g/mol. The second-order valence-corrected chi connectivity index (χ2v) is 7.97. The highest BCUT2D eigenvalue weighted by Gasteiger charge is 2.30. The van der Waals surface area contributed by atoms with Crippen molar-refractivity contribution >= 4 is 34.6 Å². The predicted octanol–water partition coefficient (Wildman–Crippen LogP) is 5.31. The number of carbonyl (C=O) groups excluding carboxylic acids is 1. The van der Waals surface area contributed by atoms with Gasteiger partial charge in [0.1, 0.15) is 11.5 Å². The van der Waals surface area contributed by atoms with E-state index in [2.05, 4.69) is 5.32 Å². The van der Waals surface area contributed by atoms with Gasteiger partial charge in [0.25, 0.3) is 0 Å². The van der Waals surface area contributed by atoms with Crippen molar-refractivity contribution in [3.63, 3.8) is 0 Å². The zero-order valence-corrected chi connectivity index (χ0v) is 17.4. The molecule has 3 rings (SSSR count). The Morgan fingerprint density at radius 2 is 1.77 bits per heavy atom. The number of hydrogen-bond acceptors (Lipinski definition) is 4. The van der Waals surface area contributed by atoms with Gasteiger partial charge >= 0.3 is 6.18 Å². The van der Waals surface area contributed by atoms with E-state index < -0.39 is 29.0 Å². The first kappa shape index (κ1) is 23.0. The molecule has 0 saturated heterocycles. The summed E-state index contributed by atoms with van der Waals surface area (Å²) in [5.74, 6) is 0.214. The maximum atomic E-state index is 12.7. The third kappa shape index (κ3) is 6.63. The van der Waals surface area contributed by atoms with Gasteiger partial charge in [-0.25, -0.2) is 0 Å². The lowest BCUT2D eigenvalue weighted by Gasteiger charge is -2.12. The van der Waals surface area contributed by atoms with Crippen molar-refractivity contribution in [2.45, 2.75) is 17.5 Å². The van der Waals surface area contributed by atoms with Crippen molar-refractivity contribution in [1.82, 2.24) is 0 Å². The summed E-state index contributed by atoms with van der Waals surface area (Å²) < 4.78 is 55.4. The van der Waals surface area contributed by atoms with Crippen LogP contribution < -0.4 is 15.2 Å². The van der Waals surface area contributed by atoms with E-state index in [1.807, 2.05) is 0 Å². The largest absolute Gasteiger partial charge is 0.593 e. The van der Waals surface area contributed by atoms with Crippen LogP contribution in [0, 0.1) is 0 Å². The summed E-state index contributed by atoms with van der Waals surface area (Å²) in [7, 11) is 0. The number of ether oxygens (including phenoxy) is 1. The summed E-state index contributed by atoms with van der Waals surface area (Å²) in [6.45, 7) is 0. The first-order valence-corrected chi connectivity index (χ1v) is 10.4. The average Bonchev–Trinajstić information content (AvgIpc) is 2.67. The highest BCUT2D eigenvalue weighted by atomic mass is 35.5. The summed E-state index contributed by atoms with van der Waals surface area (Å²) in [6, 6.07) is 15.3. The summed E-state index contributed by atoms with van der Waals surface area (Å²) in [4.78, 5) is 12.6. The van der Waals surface area contributed by atoms with Crippen LogP contribution in [0.2, 0.25) is 5.02 Å². The molecule has 0 aliphatic rings. The topological polar surface area (TPSA) is 87.4 Å². The Balaban J connectivity index is 1.75. The highest BCUT2D eigenvalue weighted by molar-refractivity contribution is 7.89. The van der Waals surface area contributed by atoms with Gasteiger partial charge in [-0.05, 0) is 35.9 Å². The number of carbonyl (C=O) groups is 1. The number of rotatable bonds is 6. The molecule has 0 heterocycles. The molecule has 3 aromatic carbocycles. The van der Waals surface area contributed by atoms with Gasteiger partial charge in [0.05, 0.1) is 23.3 Å². The molecule has 3 aromatic rings. The number of alkyl halides is 3. The summed E-state index contributed by atoms with van der Waals surface area (Å²) >= 11 is 4.10. The SMILES string of the molecule is N[S+]([O-])c1cc(NC(=O)Cc2ccc(C(F)(F)F)cc2)cc(Oc2cccc(Cl)c2)c1. The van der Waals surface area contributed by atoms with E-state index in [9.17, 15) is 22.5 Å². The zero-order valence-electron chi connectivity index (χ0n) is 15.8. The molecule has 5 nitrogen and oxygen atoms in total. The Kier molecular flexibility index (Phi) is 7.11. The molecule has 0 saturated carbocycles. The summed E-state index contributed by atoms with van der Waals surface area (Å²) in [5, 5.41) is 8.53. The molecule has 0 radical (unpaired) electrons. The Morgan fingerprint density at radius 1 is 1.06 bits per heavy atom. The second-order valence-electron chi connectivity index (χ2n) is 6.47. The Hall–Kier alpha value is -2.72. The van der Waals surface area contributed by atoms with E-state index in [4.69, 9.17) is 21.5 Å². The summed E-state index contributed by atoms with van der Waals surface area (Å²) in [5.41, 5.74) is -0.123. The number of nitrogens with two attached hydrogens (primary N) is 1. The number of nitrogens with one attached hydrogen (secondary N) is 1. The molecular weight excluding hydrogens is 453 g/mol. The fourth-order valence-corrected chi connectivity index (χ4v) is 3.34. The quantitative estimate of drug-likeness (QED) is 0.480. The van der Waals surface area contributed by atoms with E-state index in [1.165, 1.54) is 30.3 Å². The molecule has 10 heteroatoms. The molecular formula is C21H16ClF3N2O3S. The predicted molar refractivity (Wildman–Crippen MR) is 112 cm³/mol. The maximum absolute atomic E-state index is 12.7. The lowest BCUT2D eigenvalue weighted by molar-refractivity contribution is -0.137. The Bertz CT molecular complexity index is 1080. The first-order valence-electron chi connectivity index (χ1n) is 8.81. The van der Waals surface area contributed by atoms with Gasteiger partial charge in [0.15, 0.2) is 4.90 Å². The zero-order chi connectivity index (χ0) is 22.6. The summed E-state index contributed by atoms with van der Waals surface area (Å²) in [6.07, 6.45) is -4.60. The molecule has 162 valence electrons. The van der Waals surface area contributed by atoms with Gasteiger partial charge < -0.3 is 14.6 Å². The minimum Gasteiger partial charge on any atom is -0.593 e. The van der Waals surface area contributed by atoms with Gasteiger partial charge in [-0.1, -0.05) is 29.8 Å². The number of halogens is 4. The highest BCUT2D eigenvalue weighted by Crippen LogP contribution is 2.30. The van der Waals surface area contributed by atoms with Gasteiger partial charge in [-0.15, -0.1) is 5.14 Å². The third-order valence-electron chi connectivity index (χ3n) is 4.07. The molecule has 0 aliphatic heterocycles. The van der Waals surface area contributed by atoms with Crippen LogP contribution in [0.5, 0.6) is 11.5 Å². The van der Waals surface area contributed by atoms with Gasteiger partial charge in [0.2, 0.25) is 5.91 Å². The number of amides is 1. The van der Waals surface area contributed by atoms with Crippen molar-refractivity contribution in [1.29, 1.82) is 0 Å². The van der Waals surface area contributed by atoms with Crippen LogP contribution in [0.25, 0.3) is 0 Å². The minimum atomic E-state index is -4.45. The minimum absolute atomic E-state index is 0.154. The molecule has 3 N–H and O–H groups in total. The molecule has 1 unspecified atom stereocenters. The molecule has 1 amide bonds. The molecule has 0 fully saturated rings. The lowest BCUT2D eigenvalue weighted by atomic mass is 10.1. The Labute approximate surface area is 184 Å². The van der Waals surface area contributed by atoms with E-state index >= 15 is 0 Å². The van der Waals surface area contributed by atoms with Crippen molar-refractivity contribution < 1.29 is 27.3 Å². The smallest absolute Gasteiger partial charge is 0.416 e. The maximum Gasteiger partial charge on any atom is 0.416 e. The normalized spacial score (nSPS) is 12.3. The first-order chi connectivity index (χ1) is 14.6. The standard InChI is InChI=1S/C21H16ClF3N2O3S/c22-15-2-1-3-17(9-15)30-18-10-16(11-19(12-18)31(26)29)27-20(28)8-13-4-6-14(7-5-13)21(23,24)25/h1-7,9-12H,8,26H2,(H,27,28). The van der Waals surface area contributed by atoms with Crippen LogP contribution >= 0.6 is 11.6 Å². The molecule has 31 heavy (non-hydrogen) atoms. The van der Waals surface area contributed by atoms with Crippen LogP contribution in [0.4, 0.5) is 18.9 Å². The molecule has 0 bridgehead atoms. The van der Waals surface area contributed by atoms with Crippen LogP contribution in [0.3, 0.4) is 0 Å². The van der Waals surface area contributed by atoms with E-state index in [1.54, 1.807) is 24.3 Å². The Morgan fingerprint density at radius 3 is 2.39 bits per heavy atom. The van der Waals surface area contributed by atoms with Crippen LogP contribution in [-0.2, 0) is 28.8 Å². The second kappa shape index (κ2) is 9.61. The number of benzene rings is 3. The van der Waals surface area contributed by atoms with E-state index in [0.717, 1.165) is 12.1 Å². The van der Waals surface area contributed by atoms with Crippen molar-refractivity contribution in [2.24, 2.45) is 5.14 Å². The van der Waals surface area contributed by atoms with E-state index in [0.29, 0.717) is 16.3 Å². The fourth-order valence-electron chi connectivity index (χ4n) is 2.69. The van der Waals surface area contributed by atoms with Crippen LogP contribution in [0.15, 0.2) is 71.6 Å². The van der Waals surface area contributed by atoms with Crippen molar-refractivity contribution in [3.05, 3.63) is 82.9 Å². The van der Waals surface area contributed by atoms with Crippen LogP contribution in [-0.4, -0.2) is 10.5 Å². The van der Waals surface area contributed by atoms with Crippen molar-refractivity contribution in [3.8, 4) is 11.5 Å². The van der Waals surface area contributed by atoms with Gasteiger partial charge in [-0.2, -0.15) is 13.2 Å². The molecule has 0 aromatic heterocycles. The number of hydrogen-bond donors (Lipinski definition) is 2. The fraction of sp³-hybridized carbons (Fsp3) is 0.0952. The molecule has 0 spiro atoms. The van der Waals surface area contributed by atoms with E-state index in [-0.39, 0.29) is 22.8 Å². The third-order valence-corrected chi connectivity index (χ3v) is 5.01. The van der Waals surface area contributed by atoms with Crippen molar-refractivity contribution in [2.75, 3.05) is 5.32 Å². The van der Waals surface area contributed by atoms with Gasteiger partial charge in [-0.3, -0.25) is 4.79 Å². The average molecular weight is 469 g/mol. The number of anilines is 1. The molecule has 1 atom stereocenters. The molecule has 0 aliphatic carbocycles. The van der Waals surface area contributed by atoms with Crippen LogP contribution in [0.1, 0.15) is 11.1 Å². The lowest BCUT2D eigenvalue weighted by Crippen LogP contribution is -2.16. The van der Waals surface area contributed by atoms with Gasteiger partial charge in [0, 0.05) is 28.9 Å².